The number of aromatic nitrogens is 2. The van der Waals surface area contributed by atoms with Gasteiger partial charge in [0.05, 0.1) is 22.5 Å². The maximum absolute atomic E-state index is 14.1. The fraction of sp³-hybridized carbons (Fsp3) is 0.0690. The van der Waals surface area contributed by atoms with Gasteiger partial charge in [0, 0.05) is 37.1 Å². The number of anilines is 2. The van der Waals surface area contributed by atoms with E-state index in [9.17, 15) is 13.6 Å². The molecule has 184 valence electrons. The third kappa shape index (κ3) is 5.40. The zero-order valence-electron chi connectivity index (χ0n) is 19.8. The second kappa shape index (κ2) is 11.1. The molecule has 0 bridgehead atoms. The van der Waals surface area contributed by atoms with E-state index in [1.54, 1.807) is 59.9 Å². The Morgan fingerprint density at radius 2 is 1.43 bits per heavy atom. The SMILES string of the molecule is O=C(c1ccccc1N(c1cccc2cccnc12)S(=O)O)N(Cc1ccccc1)Cc1cccnc1. The standard InChI is InChI=1S/C29H24N4O3S/c34-29(32(20-22-9-2-1-3-10-22)21-23-11-7-17-30-19-23)25-14-4-5-15-26(25)33(37(35)36)27-16-6-12-24-13-8-18-31-28(24)27/h1-19H,20-21H2,(H,35,36). The summed E-state index contributed by atoms with van der Waals surface area (Å²) in [5, 5.41) is 0.821. The summed E-state index contributed by atoms with van der Waals surface area (Å²) < 4.78 is 24.4. The van der Waals surface area contributed by atoms with Crippen LogP contribution in [-0.2, 0) is 24.4 Å². The first-order valence-corrected chi connectivity index (χ1v) is 12.7. The van der Waals surface area contributed by atoms with Crippen LogP contribution in [0.25, 0.3) is 10.9 Å². The van der Waals surface area contributed by atoms with Gasteiger partial charge in [0.1, 0.15) is 0 Å². The summed E-state index contributed by atoms with van der Waals surface area (Å²) >= 11 is -2.46. The van der Waals surface area contributed by atoms with E-state index in [4.69, 9.17) is 0 Å². The molecule has 1 atom stereocenters. The van der Waals surface area contributed by atoms with Gasteiger partial charge in [-0.25, -0.2) is 8.51 Å². The number of amides is 1. The molecule has 1 N–H and O–H groups in total. The van der Waals surface area contributed by atoms with Crippen molar-refractivity contribution >= 4 is 39.5 Å². The molecule has 0 aliphatic heterocycles. The lowest BCUT2D eigenvalue weighted by atomic mass is 10.1. The highest BCUT2D eigenvalue weighted by molar-refractivity contribution is 7.81. The van der Waals surface area contributed by atoms with Crippen molar-refractivity contribution < 1.29 is 13.6 Å². The molecule has 3 aromatic carbocycles. The van der Waals surface area contributed by atoms with E-state index in [1.807, 2.05) is 60.7 Å². The normalized spacial score (nSPS) is 11.7. The highest BCUT2D eigenvalue weighted by atomic mass is 32.2. The van der Waals surface area contributed by atoms with Crippen LogP contribution in [0.3, 0.4) is 0 Å². The van der Waals surface area contributed by atoms with Crippen LogP contribution in [0.15, 0.2) is 116 Å². The number of fused-ring (bicyclic) bond motifs is 1. The Hall–Kier alpha value is -4.40. The Labute approximate surface area is 217 Å². The molecule has 2 aromatic heterocycles. The number of carbonyl (C=O) groups excluding carboxylic acids is 1. The Morgan fingerprint density at radius 1 is 0.757 bits per heavy atom. The minimum atomic E-state index is -2.46. The average molecular weight is 509 g/mol. The van der Waals surface area contributed by atoms with Crippen LogP contribution in [0, 0.1) is 0 Å². The van der Waals surface area contributed by atoms with Gasteiger partial charge >= 0.3 is 0 Å². The first-order valence-electron chi connectivity index (χ1n) is 11.7. The number of rotatable bonds is 8. The number of para-hydroxylation sites is 2. The van der Waals surface area contributed by atoms with Gasteiger partial charge in [-0.2, -0.15) is 0 Å². The number of nitrogens with zero attached hydrogens (tertiary/aromatic N) is 4. The van der Waals surface area contributed by atoms with E-state index in [1.165, 1.54) is 4.31 Å². The van der Waals surface area contributed by atoms with Gasteiger partial charge in [-0.15, -0.1) is 0 Å². The molecule has 0 radical (unpaired) electrons. The predicted molar refractivity (Wildman–Crippen MR) is 145 cm³/mol. The van der Waals surface area contributed by atoms with Crippen molar-refractivity contribution in [2.75, 3.05) is 4.31 Å². The molecular formula is C29H24N4O3S. The highest BCUT2D eigenvalue weighted by Gasteiger charge is 2.26. The number of hydrogen-bond donors (Lipinski definition) is 1. The maximum atomic E-state index is 14.1. The molecule has 0 spiro atoms. The van der Waals surface area contributed by atoms with Crippen LogP contribution < -0.4 is 4.31 Å². The monoisotopic (exact) mass is 508 g/mol. The first-order chi connectivity index (χ1) is 18.1. The Balaban J connectivity index is 1.59. The van der Waals surface area contributed by atoms with Crippen LogP contribution in [0.2, 0.25) is 0 Å². The molecule has 0 aliphatic rings. The summed E-state index contributed by atoms with van der Waals surface area (Å²) in [4.78, 5) is 24.4. The van der Waals surface area contributed by atoms with Crippen molar-refractivity contribution in [1.29, 1.82) is 0 Å². The van der Waals surface area contributed by atoms with Crippen LogP contribution in [0.1, 0.15) is 21.5 Å². The quantitative estimate of drug-likeness (QED) is 0.270. The molecule has 2 heterocycles. The van der Waals surface area contributed by atoms with E-state index < -0.39 is 11.3 Å². The van der Waals surface area contributed by atoms with E-state index in [0.717, 1.165) is 16.5 Å². The van der Waals surface area contributed by atoms with Crippen LogP contribution in [0.4, 0.5) is 11.4 Å². The smallest absolute Gasteiger partial charge is 0.266 e. The number of carbonyl (C=O) groups is 1. The van der Waals surface area contributed by atoms with Gasteiger partial charge in [-0.1, -0.05) is 66.7 Å². The van der Waals surface area contributed by atoms with Gasteiger partial charge in [-0.3, -0.25) is 19.3 Å². The Bertz CT molecular complexity index is 1500. The van der Waals surface area contributed by atoms with Crippen LogP contribution in [0.5, 0.6) is 0 Å². The van der Waals surface area contributed by atoms with E-state index in [0.29, 0.717) is 35.5 Å². The van der Waals surface area contributed by atoms with Gasteiger partial charge in [0.15, 0.2) is 0 Å². The second-order valence-corrected chi connectivity index (χ2v) is 9.23. The van der Waals surface area contributed by atoms with Crippen molar-refractivity contribution in [3.8, 4) is 0 Å². The van der Waals surface area contributed by atoms with E-state index in [-0.39, 0.29) is 5.91 Å². The second-order valence-electron chi connectivity index (χ2n) is 8.40. The zero-order valence-corrected chi connectivity index (χ0v) is 20.7. The van der Waals surface area contributed by atoms with Crippen molar-refractivity contribution in [3.05, 3.63) is 132 Å². The summed E-state index contributed by atoms with van der Waals surface area (Å²) in [5.74, 6) is -0.271. The fourth-order valence-corrected chi connectivity index (χ4v) is 4.91. The van der Waals surface area contributed by atoms with Gasteiger partial charge in [0.2, 0.25) is 0 Å². The molecule has 5 rings (SSSR count). The summed E-state index contributed by atoms with van der Waals surface area (Å²) in [6.07, 6.45) is 5.06. The molecule has 0 fully saturated rings. The maximum Gasteiger partial charge on any atom is 0.266 e. The molecule has 0 saturated carbocycles. The number of pyridine rings is 2. The molecule has 8 heteroatoms. The highest BCUT2D eigenvalue weighted by Crippen LogP contribution is 2.35. The third-order valence-corrected chi connectivity index (χ3v) is 6.65. The fourth-order valence-electron chi connectivity index (χ4n) is 4.27. The predicted octanol–water partition coefficient (Wildman–Crippen LogP) is 5.75. The van der Waals surface area contributed by atoms with E-state index in [2.05, 4.69) is 9.97 Å². The molecule has 1 unspecified atom stereocenters. The van der Waals surface area contributed by atoms with Crippen molar-refractivity contribution in [1.82, 2.24) is 14.9 Å². The minimum Gasteiger partial charge on any atom is -0.330 e. The van der Waals surface area contributed by atoms with Gasteiger partial charge < -0.3 is 4.90 Å². The van der Waals surface area contributed by atoms with Crippen molar-refractivity contribution in [2.24, 2.45) is 0 Å². The van der Waals surface area contributed by atoms with Crippen LogP contribution >= 0.6 is 0 Å². The Kier molecular flexibility index (Phi) is 7.30. The average Bonchev–Trinajstić information content (AvgIpc) is 2.94. The summed E-state index contributed by atoms with van der Waals surface area (Å²) in [6, 6.07) is 29.4. The molecular weight excluding hydrogens is 484 g/mol. The number of hydrogen-bond acceptors (Lipinski definition) is 4. The van der Waals surface area contributed by atoms with Gasteiger partial charge in [-0.05, 0) is 41.5 Å². The molecule has 5 aromatic rings. The van der Waals surface area contributed by atoms with Crippen LogP contribution in [-0.4, -0.2) is 29.5 Å². The zero-order chi connectivity index (χ0) is 25.6. The first kappa shape index (κ1) is 24.3. The summed E-state index contributed by atoms with van der Waals surface area (Å²) in [6.45, 7) is 0.689. The molecule has 37 heavy (non-hydrogen) atoms. The lowest BCUT2D eigenvalue weighted by Crippen LogP contribution is -2.32. The summed E-state index contributed by atoms with van der Waals surface area (Å²) in [7, 11) is 0. The molecule has 0 aliphatic carbocycles. The molecule has 7 nitrogen and oxygen atoms in total. The van der Waals surface area contributed by atoms with E-state index >= 15 is 0 Å². The summed E-state index contributed by atoms with van der Waals surface area (Å²) in [5.41, 5.74) is 3.46. The van der Waals surface area contributed by atoms with Gasteiger partial charge in [0.25, 0.3) is 17.2 Å². The lowest BCUT2D eigenvalue weighted by molar-refractivity contribution is 0.0731. The molecule has 0 saturated heterocycles. The van der Waals surface area contributed by atoms with Crippen molar-refractivity contribution in [2.45, 2.75) is 13.1 Å². The third-order valence-electron chi connectivity index (χ3n) is 5.94. The Morgan fingerprint density at radius 3 is 2.22 bits per heavy atom. The van der Waals surface area contributed by atoms with Crippen molar-refractivity contribution in [3.63, 3.8) is 0 Å². The lowest BCUT2D eigenvalue weighted by Gasteiger charge is -2.27. The number of benzene rings is 3. The topological polar surface area (TPSA) is 86.6 Å². The molecule has 1 amide bonds. The minimum absolute atomic E-state index is 0.271. The largest absolute Gasteiger partial charge is 0.330 e.